The lowest BCUT2D eigenvalue weighted by molar-refractivity contribution is -0.139. The van der Waals surface area contributed by atoms with Gasteiger partial charge in [-0.3, -0.25) is 9.59 Å². The number of halogens is 1. The van der Waals surface area contributed by atoms with Crippen molar-refractivity contribution < 1.29 is 14.3 Å². The van der Waals surface area contributed by atoms with Crippen LogP contribution in [0.3, 0.4) is 0 Å². The van der Waals surface area contributed by atoms with Crippen LogP contribution in [0.5, 0.6) is 5.75 Å². The Balaban J connectivity index is 1.32. The molecule has 2 aromatic carbocycles. The van der Waals surface area contributed by atoms with Gasteiger partial charge in [-0.15, -0.1) is 0 Å². The molecule has 2 aliphatic heterocycles. The molecule has 1 spiro atoms. The van der Waals surface area contributed by atoms with Crippen LogP contribution < -0.4 is 10.1 Å². The van der Waals surface area contributed by atoms with Crippen LogP contribution in [0.15, 0.2) is 48.5 Å². The number of amides is 2. The lowest BCUT2D eigenvalue weighted by Gasteiger charge is -2.38. The first-order chi connectivity index (χ1) is 17.3. The van der Waals surface area contributed by atoms with Crippen molar-refractivity contribution in [3.05, 3.63) is 64.7 Å². The molecular weight excluding hydrogens is 474 g/mol. The summed E-state index contributed by atoms with van der Waals surface area (Å²) in [6.45, 7) is 7.98. The zero-order valence-corrected chi connectivity index (χ0v) is 22.4. The molecule has 1 N–H and O–H groups in total. The summed E-state index contributed by atoms with van der Waals surface area (Å²) in [5.74, 6) is 1.11. The molecule has 1 atom stereocenters. The third kappa shape index (κ3) is 6.22. The summed E-state index contributed by atoms with van der Waals surface area (Å²) in [4.78, 5) is 30.3. The highest BCUT2D eigenvalue weighted by Gasteiger charge is 2.47. The number of likely N-dealkylation sites (tertiary alicyclic amines) is 2. The molecule has 0 bridgehead atoms. The van der Waals surface area contributed by atoms with Gasteiger partial charge in [0.25, 0.3) is 0 Å². The van der Waals surface area contributed by atoms with E-state index in [-0.39, 0.29) is 23.3 Å². The maximum absolute atomic E-state index is 13.4. The highest BCUT2D eigenvalue weighted by molar-refractivity contribution is 6.30. The van der Waals surface area contributed by atoms with Gasteiger partial charge in [-0.2, -0.15) is 0 Å². The van der Waals surface area contributed by atoms with Gasteiger partial charge in [0.15, 0.2) is 0 Å². The standard InChI is InChI=1S/C29H38ClN3O3/c1-21(2)27(34)31-26(23-5-4-6-24(30)19-23)11-15-32-16-12-29(13-17-32)14-18-33(28(29)35)20-22-7-9-25(36-3)10-8-22/h4-10,19,21,26H,11-18,20H2,1-3H3,(H,31,34). The van der Waals surface area contributed by atoms with Gasteiger partial charge in [-0.1, -0.05) is 49.7 Å². The van der Waals surface area contributed by atoms with Crippen molar-refractivity contribution in [3.63, 3.8) is 0 Å². The van der Waals surface area contributed by atoms with Gasteiger partial charge in [-0.05, 0) is 74.2 Å². The normalized spacial score (nSPS) is 18.6. The molecule has 2 saturated heterocycles. The maximum atomic E-state index is 13.4. The Morgan fingerprint density at radius 2 is 1.78 bits per heavy atom. The van der Waals surface area contributed by atoms with E-state index in [2.05, 4.69) is 10.2 Å². The number of piperidine rings is 1. The molecule has 2 aliphatic rings. The molecule has 0 saturated carbocycles. The first-order valence-corrected chi connectivity index (χ1v) is 13.4. The van der Waals surface area contributed by atoms with Crippen LogP contribution in [0.2, 0.25) is 5.02 Å². The quantitative estimate of drug-likeness (QED) is 0.510. The van der Waals surface area contributed by atoms with Crippen LogP contribution in [0.1, 0.15) is 56.7 Å². The van der Waals surface area contributed by atoms with E-state index in [1.165, 1.54) is 0 Å². The third-order valence-electron chi connectivity index (χ3n) is 7.77. The largest absolute Gasteiger partial charge is 0.497 e. The molecule has 7 heteroatoms. The summed E-state index contributed by atoms with van der Waals surface area (Å²) in [5, 5.41) is 3.87. The molecule has 2 heterocycles. The Morgan fingerprint density at radius 3 is 2.42 bits per heavy atom. The van der Waals surface area contributed by atoms with Crippen molar-refractivity contribution in [2.75, 3.05) is 33.3 Å². The minimum absolute atomic E-state index is 0.0473. The Kier molecular flexibility index (Phi) is 8.58. The molecule has 2 aromatic rings. The van der Waals surface area contributed by atoms with Gasteiger partial charge in [0.1, 0.15) is 5.75 Å². The number of nitrogens with zero attached hydrogens (tertiary/aromatic N) is 2. The summed E-state index contributed by atoms with van der Waals surface area (Å²) in [6, 6.07) is 15.6. The fourth-order valence-electron chi connectivity index (χ4n) is 5.36. The molecule has 4 rings (SSSR count). The van der Waals surface area contributed by atoms with Crippen molar-refractivity contribution in [1.82, 2.24) is 15.1 Å². The fourth-order valence-corrected chi connectivity index (χ4v) is 5.56. The van der Waals surface area contributed by atoms with Gasteiger partial charge < -0.3 is 19.9 Å². The van der Waals surface area contributed by atoms with Gasteiger partial charge in [-0.25, -0.2) is 0 Å². The zero-order chi connectivity index (χ0) is 25.7. The number of carbonyl (C=O) groups excluding carboxylic acids is 2. The molecule has 1 unspecified atom stereocenters. The number of hydrogen-bond acceptors (Lipinski definition) is 4. The van der Waals surface area contributed by atoms with Crippen molar-refractivity contribution in [1.29, 1.82) is 0 Å². The van der Waals surface area contributed by atoms with Gasteiger partial charge in [0, 0.05) is 30.6 Å². The molecule has 2 fully saturated rings. The SMILES string of the molecule is COc1ccc(CN2CCC3(CCN(CCC(NC(=O)C(C)C)c4cccc(Cl)c4)CC3)C2=O)cc1. The lowest BCUT2D eigenvalue weighted by atomic mass is 9.77. The Labute approximate surface area is 219 Å². The average molecular weight is 512 g/mol. The van der Waals surface area contributed by atoms with E-state index in [4.69, 9.17) is 16.3 Å². The van der Waals surface area contributed by atoms with E-state index >= 15 is 0 Å². The number of rotatable bonds is 9. The second kappa shape index (κ2) is 11.7. The highest BCUT2D eigenvalue weighted by atomic mass is 35.5. The Morgan fingerprint density at radius 1 is 1.08 bits per heavy atom. The van der Waals surface area contributed by atoms with Crippen molar-refractivity contribution >= 4 is 23.4 Å². The topological polar surface area (TPSA) is 61.9 Å². The molecule has 36 heavy (non-hydrogen) atoms. The number of benzene rings is 2. The van der Waals surface area contributed by atoms with Crippen molar-refractivity contribution in [3.8, 4) is 5.75 Å². The van der Waals surface area contributed by atoms with Crippen LogP contribution in [-0.2, 0) is 16.1 Å². The summed E-state index contributed by atoms with van der Waals surface area (Å²) < 4.78 is 5.24. The molecule has 0 aliphatic carbocycles. The Hall–Kier alpha value is -2.57. The smallest absolute Gasteiger partial charge is 0.229 e. The minimum Gasteiger partial charge on any atom is -0.497 e. The fraction of sp³-hybridized carbons (Fsp3) is 0.517. The van der Waals surface area contributed by atoms with E-state index < -0.39 is 0 Å². The summed E-state index contributed by atoms with van der Waals surface area (Å²) >= 11 is 6.23. The summed E-state index contributed by atoms with van der Waals surface area (Å²) in [6.07, 6.45) is 3.53. The third-order valence-corrected chi connectivity index (χ3v) is 8.01. The molecule has 2 amide bonds. The number of nitrogens with one attached hydrogen (secondary N) is 1. The van der Waals surface area contributed by atoms with Gasteiger partial charge in [0.05, 0.1) is 18.6 Å². The van der Waals surface area contributed by atoms with Crippen molar-refractivity contribution in [2.24, 2.45) is 11.3 Å². The van der Waals surface area contributed by atoms with E-state index in [1.54, 1.807) is 7.11 Å². The highest BCUT2D eigenvalue weighted by Crippen LogP contribution is 2.42. The predicted octanol–water partition coefficient (Wildman–Crippen LogP) is 5.07. The summed E-state index contributed by atoms with van der Waals surface area (Å²) in [5.41, 5.74) is 1.94. The molecule has 194 valence electrons. The van der Waals surface area contributed by atoms with Crippen molar-refractivity contribution in [2.45, 2.75) is 52.1 Å². The van der Waals surface area contributed by atoms with Gasteiger partial charge in [0.2, 0.25) is 11.8 Å². The number of ether oxygens (including phenoxy) is 1. The molecule has 6 nitrogen and oxygen atoms in total. The number of hydrogen-bond donors (Lipinski definition) is 1. The van der Waals surface area contributed by atoms with Crippen LogP contribution in [-0.4, -0.2) is 54.9 Å². The first-order valence-electron chi connectivity index (χ1n) is 13.0. The molecule has 0 aromatic heterocycles. The van der Waals surface area contributed by atoms with Crippen LogP contribution in [0, 0.1) is 11.3 Å². The average Bonchev–Trinajstić information content (AvgIpc) is 3.17. The lowest BCUT2D eigenvalue weighted by Crippen LogP contribution is -2.45. The van der Waals surface area contributed by atoms with E-state index in [1.807, 2.05) is 67.3 Å². The van der Waals surface area contributed by atoms with Gasteiger partial charge >= 0.3 is 0 Å². The predicted molar refractivity (Wildman–Crippen MR) is 143 cm³/mol. The zero-order valence-electron chi connectivity index (χ0n) is 21.6. The second-order valence-electron chi connectivity index (χ2n) is 10.5. The molecular formula is C29H38ClN3O3. The monoisotopic (exact) mass is 511 g/mol. The van der Waals surface area contributed by atoms with E-state index in [0.29, 0.717) is 17.5 Å². The van der Waals surface area contributed by atoms with E-state index in [0.717, 1.165) is 68.7 Å². The van der Waals surface area contributed by atoms with E-state index in [9.17, 15) is 9.59 Å². The van der Waals surface area contributed by atoms with Crippen LogP contribution in [0.25, 0.3) is 0 Å². The molecule has 0 radical (unpaired) electrons. The second-order valence-corrected chi connectivity index (χ2v) is 10.9. The number of carbonyl (C=O) groups is 2. The van der Waals surface area contributed by atoms with Crippen LogP contribution >= 0.6 is 11.6 Å². The maximum Gasteiger partial charge on any atom is 0.229 e. The first kappa shape index (κ1) is 26.5. The Bertz CT molecular complexity index is 1050. The van der Waals surface area contributed by atoms with Crippen LogP contribution in [0.4, 0.5) is 0 Å². The minimum atomic E-state index is -0.221. The summed E-state index contributed by atoms with van der Waals surface area (Å²) in [7, 11) is 1.66. The number of methoxy groups -OCH3 is 1.